The summed E-state index contributed by atoms with van der Waals surface area (Å²) in [5.41, 5.74) is 1.86. The summed E-state index contributed by atoms with van der Waals surface area (Å²) in [5, 5.41) is 0. The van der Waals surface area contributed by atoms with Gasteiger partial charge >= 0.3 is 7.12 Å². The quantitative estimate of drug-likeness (QED) is 0.760. The highest BCUT2D eigenvalue weighted by atomic mass is 16.7. The summed E-state index contributed by atoms with van der Waals surface area (Å²) in [6.07, 6.45) is 1.30. The zero-order valence-corrected chi connectivity index (χ0v) is 12.3. The smallest absolute Gasteiger partial charge is 0.399 e. The van der Waals surface area contributed by atoms with Crippen molar-refractivity contribution < 1.29 is 9.31 Å². The highest BCUT2D eigenvalue weighted by Gasteiger charge is 2.51. The molecule has 0 aromatic heterocycles. The second-order valence-electron chi connectivity index (χ2n) is 6.52. The van der Waals surface area contributed by atoms with E-state index >= 15 is 0 Å². The van der Waals surface area contributed by atoms with Crippen LogP contribution in [0.25, 0.3) is 0 Å². The van der Waals surface area contributed by atoms with E-state index in [0.29, 0.717) is 0 Å². The van der Waals surface area contributed by atoms with Gasteiger partial charge in [-0.3, -0.25) is 0 Å². The number of anilines is 1. The fraction of sp³-hybridized carbons (Fsp3) is 0.600. The first-order chi connectivity index (χ1) is 8.89. The van der Waals surface area contributed by atoms with Crippen LogP contribution in [0.2, 0.25) is 0 Å². The molecule has 0 radical (unpaired) electrons. The molecule has 4 heteroatoms. The average molecular weight is 259 g/mol. The van der Waals surface area contributed by atoms with Gasteiger partial charge in [0.05, 0.1) is 11.2 Å². The minimum atomic E-state index is -0.270. The van der Waals surface area contributed by atoms with E-state index in [0.717, 1.165) is 5.46 Å². The number of nitrogens with zero attached hydrogens (tertiary/aromatic N) is 1. The Kier molecular flexibility index (Phi) is 2.91. The summed E-state index contributed by atoms with van der Waals surface area (Å²) in [5.74, 6) is 0. The fourth-order valence-corrected chi connectivity index (χ4v) is 2.40. The molecule has 0 atom stereocenters. The van der Waals surface area contributed by atoms with Crippen molar-refractivity contribution in [1.82, 2.24) is 0 Å². The number of hydrogen-bond donors (Lipinski definition) is 0. The molecule has 1 aromatic rings. The van der Waals surface area contributed by atoms with Gasteiger partial charge in [0, 0.05) is 18.8 Å². The molecule has 0 N–H and O–H groups in total. The lowest BCUT2D eigenvalue weighted by atomic mass is 9.79. The molecule has 2 saturated heterocycles. The van der Waals surface area contributed by atoms with Crippen LogP contribution in [0.4, 0.5) is 5.69 Å². The van der Waals surface area contributed by atoms with Crippen molar-refractivity contribution in [2.24, 2.45) is 0 Å². The van der Waals surface area contributed by atoms with E-state index in [2.05, 4.69) is 56.9 Å². The Morgan fingerprint density at radius 2 is 1.47 bits per heavy atom. The second kappa shape index (κ2) is 4.25. The number of benzene rings is 1. The van der Waals surface area contributed by atoms with E-state index in [4.69, 9.17) is 9.31 Å². The predicted molar refractivity (Wildman–Crippen MR) is 79.0 cm³/mol. The Morgan fingerprint density at radius 1 is 0.947 bits per heavy atom. The molecular weight excluding hydrogens is 237 g/mol. The van der Waals surface area contributed by atoms with Crippen molar-refractivity contribution in [1.29, 1.82) is 0 Å². The molecular formula is C15H22BNO2. The molecule has 1 aromatic carbocycles. The van der Waals surface area contributed by atoms with E-state index in [9.17, 15) is 0 Å². The largest absolute Gasteiger partial charge is 0.494 e. The highest BCUT2D eigenvalue weighted by molar-refractivity contribution is 6.62. The lowest BCUT2D eigenvalue weighted by molar-refractivity contribution is 0.00578. The molecule has 2 aliphatic heterocycles. The Labute approximate surface area is 116 Å². The van der Waals surface area contributed by atoms with Crippen molar-refractivity contribution in [3.63, 3.8) is 0 Å². The Bertz CT molecular complexity index is 450. The lowest BCUT2D eigenvalue weighted by Crippen LogP contribution is -2.41. The fourth-order valence-electron chi connectivity index (χ4n) is 2.40. The molecule has 0 amide bonds. The Morgan fingerprint density at radius 3 is 1.89 bits per heavy atom. The van der Waals surface area contributed by atoms with Gasteiger partial charge in [0.2, 0.25) is 0 Å². The number of rotatable bonds is 2. The summed E-state index contributed by atoms with van der Waals surface area (Å²) in [4.78, 5) is 2.38. The molecule has 0 bridgehead atoms. The van der Waals surface area contributed by atoms with Crippen LogP contribution in [0.15, 0.2) is 24.3 Å². The molecule has 2 fully saturated rings. The third-order valence-corrected chi connectivity index (χ3v) is 4.64. The van der Waals surface area contributed by atoms with Crippen LogP contribution < -0.4 is 10.4 Å². The van der Waals surface area contributed by atoms with Crippen molar-refractivity contribution in [2.45, 2.75) is 45.3 Å². The van der Waals surface area contributed by atoms with Crippen molar-refractivity contribution in [3.05, 3.63) is 24.3 Å². The second-order valence-corrected chi connectivity index (χ2v) is 6.52. The molecule has 3 nitrogen and oxygen atoms in total. The lowest BCUT2D eigenvalue weighted by Gasteiger charge is -2.33. The summed E-state index contributed by atoms with van der Waals surface area (Å²) in [6.45, 7) is 10.7. The van der Waals surface area contributed by atoms with Gasteiger partial charge < -0.3 is 14.2 Å². The average Bonchev–Trinajstić information content (AvgIpc) is 2.47. The molecule has 2 aliphatic rings. The van der Waals surface area contributed by atoms with E-state index in [1.165, 1.54) is 25.2 Å². The normalized spacial score (nSPS) is 24.4. The maximum atomic E-state index is 6.05. The maximum absolute atomic E-state index is 6.05. The predicted octanol–water partition coefficient (Wildman–Crippen LogP) is 2.20. The molecule has 0 saturated carbocycles. The number of hydrogen-bond acceptors (Lipinski definition) is 3. The monoisotopic (exact) mass is 259 g/mol. The molecule has 0 aliphatic carbocycles. The van der Waals surface area contributed by atoms with E-state index in [1.54, 1.807) is 0 Å². The Balaban J connectivity index is 1.76. The van der Waals surface area contributed by atoms with Crippen molar-refractivity contribution >= 4 is 18.3 Å². The molecule has 0 unspecified atom stereocenters. The van der Waals surface area contributed by atoms with Crippen LogP contribution in [0, 0.1) is 0 Å². The molecule has 2 heterocycles. The van der Waals surface area contributed by atoms with Crippen LogP contribution in [-0.2, 0) is 9.31 Å². The van der Waals surface area contributed by atoms with E-state index < -0.39 is 0 Å². The van der Waals surface area contributed by atoms with Gasteiger partial charge in [-0.25, -0.2) is 0 Å². The SMILES string of the molecule is CC1(C)OB(c2ccc(N3CCC3)cc2)OC1(C)C. The summed E-state index contributed by atoms with van der Waals surface area (Å²) < 4.78 is 12.1. The van der Waals surface area contributed by atoms with Gasteiger partial charge in [0.15, 0.2) is 0 Å². The summed E-state index contributed by atoms with van der Waals surface area (Å²) in [6, 6.07) is 8.57. The summed E-state index contributed by atoms with van der Waals surface area (Å²) >= 11 is 0. The molecule has 3 rings (SSSR count). The van der Waals surface area contributed by atoms with Gasteiger partial charge in [0.25, 0.3) is 0 Å². The van der Waals surface area contributed by atoms with Gasteiger partial charge in [-0.15, -0.1) is 0 Å². The minimum Gasteiger partial charge on any atom is -0.399 e. The standard InChI is InChI=1S/C15H22BNO2/c1-14(2)15(3,4)19-16(18-14)12-6-8-13(9-7-12)17-10-5-11-17/h6-9H,5,10-11H2,1-4H3. The topological polar surface area (TPSA) is 21.7 Å². The van der Waals surface area contributed by atoms with Crippen LogP contribution >= 0.6 is 0 Å². The summed E-state index contributed by atoms with van der Waals surface area (Å²) in [7, 11) is -0.254. The van der Waals surface area contributed by atoms with Gasteiger partial charge in [-0.2, -0.15) is 0 Å². The van der Waals surface area contributed by atoms with E-state index in [1.807, 2.05) is 0 Å². The van der Waals surface area contributed by atoms with Gasteiger partial charge in [-0.1, -0.05) is 12.1 Å². The first kappa shape index (κ1) is 13.0. The maximum Gasteiger partial charge on any atom is 0.494 e. The Hall–Kier alpha value is -0.995. The zero-order chi connectivity index (χ0) is 13.7. The first-order valence-corrected chi connectivity index (χ1v) is 7.10. The molecule has 19 heavy (non-hydrogen) atoms. The van der Waals surface area contributed by atoms with Crippen LogP contribution in [0.1, 0.15) is 34.1 Å². The molecule has 102 valence electrons. The van der Waals surface area contributed by atoms with Crippen molar-refractivity contribution in [3.8, 4) is 0 Å². The third kappa shape index (κ3) is 2.17. The van der Waals surface area contributed by atoms with Crippen molar-refractivity contribution in [2.75, 3.05) is 18.0 Å². The third-order valence-electron chi connectivity index (χ3n) is 4.64. The van der Waals surface area contributed by atoms with Gasteiger partial charge in [0.1, 0.15) is 0 Å². The van der Waals surface area contributed by atoms with Gasteiger partial charge in [-0.05, 0) is 51.7 Å². The molecule has 0 spiro atoms. The van der Waals surface area contributed by atoms with Crippen LogP contribution in [0.3, 0.4) is 0 Å². The first-order valence-electron chi connectivity index (χ1n) is 7.10. The van der Waals surface area contributed by atoms with E-state index in [-0.39, 0.29) is 18.3 Å². The minimum absolute atomic E-state index is 0.254. The highest BCUT2D eigenvalue weighted by Crippen LogP contribution is 2.36. The van der Waals surface area contributed by atoms with Crippen LogP contribution in [0.5, 0.6) is 0 Å². The zero-order valence-electron chi connectivity index (χ0n) is 12.3. The van der Waals surface area contributed by atoms with Crippen LogP contribution in [-0.4, -0.2) is 31.4 Å².